The molecule has 0 spiro atoms. The highest BCUT2D eigenvalue weighted by Gasteiger charge is 2.48. The molecule has 1 nitrogen and oxygen atoms in total. The van der Waals surface area contributed by atoms with Gasteiger partial charge in [0.15, 0.2) is 0 Å². The van der Waals surface area contributed by atoms with E-state index in [4.69, 9.17) is 5.73 Å². The quantitative estimate of drug-likeness (QED) is 0.683. The van der Waals surface area contributed by atoms with E-state index in [2.05, 4.69) is 27.0 Å². The summed E-state index contributed by atoms with van der Waals surface area (Å²) in [4.78, 5) is 0. The van der Waals surface area contributed by atoms with Crippen LogP contribution in [0.4, 0.5) is 0 Å². The number of nitrogens with two attached hydrogens (primary N) is 1. The summed E-state index contributed by atoms with van der Waals surface area (Å²) in [5.41, 5.74) is 6.53. The van der Waals surface area contributed by atoms with Crippen molar-refractivity contribution in [1.82, 2.24) is 0 Å². The SMILES string of the molecule is CSC1(C(C)(C)C)CCCC1N. The van der Waals surface area contributed by atoms with Crippen molar-refractivity contribution in [2.24, 2.45) is 11.1 Å². The third-order valence-corrected chi connectivity index (χ3v) is 5.14. The van der Waals surface area contributed by atoms with Crippen molar-refractivity contribution in [2.75, 3.05) is 6.26 Å². The van der Waals surface area contributed by atoms with Crippen LogP contribution in [-0.2, 0) is 0 Å². The minimum absolute atomic E-state index is 0.326. The molecule has 1 aliphatic rings. The molecule has 0 aromatic carbocycles. The molecule has 2 N–H and O–H groups in total. The molecule has 12 heavy (non-hydrogen) atoms. The molecule has 0 saturated heterocycles. The number of rotatable bonds is 1. The van der Waals surface area contributed by atoms with Gasteiger partial charge in [0.25, 0.3) is 0 Å². The molecule has 0 aromatic rings. The molecular formula is C10H21NS. The summed E-state index contributed by atoms with van der Waals surface area (Å²) in [6, 6.07) is 0.396. The first-order valence-electron chi connectivity index (χ1n) is 4.75. The lowest BCUT2D eigenvalue weighted by Gasteiger charge is -2.44. The van der Waals surface area contributed by atoms with Gasteiger partial charge in [-0.2, -0.15) is 11.8 Å². The van der Waals surface area contributed by atoms with E-state index in [0.29, 0.717) is 16.2 Å². The number of hydrogen-bond acceptors (Lipinski definition) is 2. The Hall–Kier alpha value is 0.310. The van der Waals surface area contributed by atoms with Gasteiger partial charge in [-0.15, -0.1) is 0 Å². The van der Waals surface area contributed by atoms with E-state index in [0.717, 1.165) is 0 Å². The maximum Gasteiger partial charge on any atom is 0.0356 e. The highest BCUT2D eigenvalue weighted by atomic mass is 32.2. The highest BCUT2D eigenvalue weighted by molar-refractivity contribution is 8.00. The van der Waals surface area contributed by atoms with Crippen molar-refractivity contribution in [2.45, 2.75) is 50.8 Å². The fourth-order valence-corrected chi connectivity index (χ4v) is 3.88. The predicted molar refractivity (Wildman–Crippen MR) is 57.5 cm³/mol. The van der Waals surface area contributed by atoms with Crippen LogP contribution < -0.4 is 5.73 Å². The van der Waals surface area contributed by atoms with E-state index in [-0.39, 0.29) is 0 Å². The Morgan fingerprint density at radius 2 is 2.00 bits per heavy atom. The molecular weight excluding hydrogens is 166 g/mol. The third kappa shape index (κ3) is 1.39. The summed E-state index contributed by atoms with van der Waals surface area (Å²) in [6.07, 6.45) is 6.01. The molecule has 1 fully saturated rings. The fourth-order valence-electron chi connectivity index (χ4n) is 2.49. The van der Waals surface area contributed by atoms with E-state index < -0.39 is 0 Å². The largest absolute Gasteiger partial charge is 0.326 e. The van der Waals surface area contributed by atoms with Gasteiger partial charge in [0.1, 0.15) is 0 Å². The highest BCUT2D eigenvalue weighted by Crippen LogP contribution is 2.51. The van der Waals surface area contributed by atoms with Gasteiger partial charge in [-0.25, -0.2) is 0 Å². The molecule has 1 aliphatic carbocycles. The maximum absolute atomic E-state index is 6.19. The van der Waals surface area contributed by atoms with Crippen molar-refractivity contribution in [1.29, 1.82) is 0 Å². The Labute approximate surface area is 80.5 Å². The van der Waals surface area contributed by atoms with Crippen molar-refractivity contribution in [3.8, 4) is 0 Å². The third-order valence-electron chi connectivity index (χ3n) is 3.30. The Kier molecular flexibility index (Phi) is 2.79. The molecule has 2 unspecified atom stereocenters. The van der Waals surface area contributed by atoms with Crippen LogP contribution >= 0.6 is 11.8 Å². The van der Waals surface area contributed by atoms with Gasteiger partial charge in [-0.1, -0.05) is 27.2 Å². The van der Waals surface area contributed by atoms with Gasteiger partial charge in [0.2, 0.25) is 0 Å². The second-order valence-corrected chi connectivity index (χ2v) is 5.98. The molecule has 0 aliphatic heterocycles. The van der Waals surface area contributed by atoms with Gasteiger partial charge in [-0.3, -0.25) is 0 Å². The van der Waals surface area contributed by atoms with Crippen LogP contribution in [0, 0.1) is 5.41 Å². The second kappa shape index (κ2) is 3.22. The molecule has 72 valence electrons. The molecule has 1 saturated carbocycles. The zero-order valence-corrected chi connectivity index (χ0v) is 9.50. The Balaban J connectivity index is 2.89. The van der Waals surface area contributed by atoms with Crippen molar-refractivity contribution >= 4 is 11.8 Å². The lowest BCUT2D eigenvalue weighted by Crippen LogP contribution is -2.50. The van der Waals surface area contributed by atoms with E-state index >= 15 is 0 Å². The Morgan fingerprint density at radius 1 is 1.42 bits per heavy atom. The van der Waals surface area contributed by atoms with E-state index in [1.807, 2.05) is 11.8 Å². The van der Waals surface area contributed by atoms with Crippen molar-refractivity contribution < 1.29 is 0 Å². The lowest BCUT2D eigenvalue weighted by molar-refractivity contribution is 0.264. The first kappa shape index (κ1) is 10.4. The predicted octanol–water partition coefficient (Wildman–Crippen LogP) is 2.65. The summed E-state index contributed by atoms with van der Waals surface area (Å²) in [5.74, 6) is 0. The normalized spacial score (nSPS) is 37.2. The first-order valence-corrected chi connectivity index (χ1v) is 5.97. The summed E-state index contributed by atoms with van der Waals surface area (Å²) >= 11 is 1.97. The monoisotopic (exact) mass is 187 g/mol. The van der Waals surface area contributed by atoms with Gasteiger partial charge in [0, 0.05) is 10.8 Å². The summed E-state index contributed by atoms with van der Waals surface area (Å²) in [6.45, 7) is 6.94. The standard InChI is InChI=1S/C10H21NS/c1-9(2,3)10(12-4)7-5-6-8(10)11/h8H,5-7,11H2,1-4H3. The van der Waals surface area contributed by atoms with Crippen LogP contribution in [0.25, 0.3) is 0 Å². The average molecular weight is 187 g/mol. The lowest BCUT2D eigenvalue weighted by atomic mass is 9.77. The average Bonchev–Trinajstić information content (AvgIpc) is 2.30. The topological polar surface area (TPSA) is 26.0 Å². The minimum atomic E-state index is 0.326. The van der Waals surface area contributed by atoms with Crippen molar-refractivity contribution in [3.05, 3.63) is 0 Å². The minimum Gasteiger partial charge on any atom is -0.326 e. The smallest absolute Gasteiger partial charge is 0.0356 e. The van der Waals surface area contributed by atoms with Crippen LogP contribution in [0.5, 0.6) is 0 Å². The maximum atomic E-state index is 6.19. The summed E-state index contributed by atoms with van der Waals surface area (Å²) in [7, 11) is 0. The van der Waals surface area contributed by atoms with Crippen LogP contribution in [0.1, 0.15) is 40.0 Å². The second-order valence-electron chi connectivity index (χ2n) is 4.84. The molecule has 0 aromatic heterocycles. The van der Waals surface area contributed by atoms with E-state index in [1.165, 1.54) is 19.3 Å². The molecule has 0 heterocycles. The van der Waals surface area contributed by atoms with Crippen molar-refractivity contribution in [3.63, 3.8) is 0 Å². The number of hydrogen-bond donors (Lipinski definition) is 1. The van der Waals surface area contributed by atoms with Crippen LogP contribution in [0.15, 0.2) is 0 Å². The molecule has 1 rings (SSSR count). The summed E-state index contributed by atoms with van der Waals surface area (Å²) in [5, 5.41) is 0. The Bertz CT molecular complexity index is 162. The first-order chi connectivity index (χ1) is 5.44. The molecule has 2 heteroatoms. The van der Waals surface area contributed by atoms with Crippen LogP contribution in [0.3, 0.4) is 0 Å². The van der Waals surface area contributed by atoms with Gasteiger partial charge in [0.05, 0.1) is 0 Å². The van der Waals surface area contributed by atoms with Gasteiger partial charge in [-0.05, 0) is 24.5 Å². The van der Waals surface area contributed by atoms with E-state index in [1.54, 1.807) is 0 Å². The molecule has 2 atom stereocenters. The fraction of sp³-hybridized carbons (Fsp3) is 1.00. The van der Waals surface area contributed by atoms with Crippen LogP contribution in [-0.4, -0.2) is 17.0 Å². The zero-order valence-electron chi connectivity index (χ0n) is 8.68. The molecule has 0 radical (unpaired) electrons. The van der Waals surface area contributed by atoms with Crippen LogP contribution in [0.2, 0.25) is 0 Å². The zero-order chi connectivity index (χ0) is 9.41. The van der Waals surface area contributed by atoms with Gasteiger partial charge >= 0.3 is 0 Å². The van der Waals surface area contributed by atoms with E-state index in [9.17, 15) is 0 Å². The number of thioether (sulfide) groups is 1. The van der Waals surface area contributed by atoms with Gasteiger partial charge < -0.3 is 5.73 Å². The molecule has 0 bridgehead atoms. The Morgan fingerprint density at radius 3 is 2.17 bits per heavy atom. The molecule has 0 amide bonds. The summed E-state index contributed by atoms with van der Waals surface area (Å²) < 4.78 is 0.326.